The molecule has 0 aliphatic rings. The van der Waals surface area contributed by atoms with Crippen LogP contribution in [0.1, 0.15) is 18.9 Å². The summed E-state index contributed by atoms with van der Waals surface area (Å²) in [6.07, 6.45) is 1.51. The van der Waals surface area contributed by atoms with E-state index in [0.29, 0.717) is 17.7 Å². The summed E-state index contributed by atoms with van der Waals surface area (Å²) in [5.74, 6) is 0. The molecule has 0 aliphatic carbocycles. The summed E-state index contributed by atoms with van der Waals surface area (Å²) in [6.45, 7) is 1.97. The molecule has 4 nitrogen and oxygen atoms in total. The van der Waals surface area contributed by atoms with E-state index < -0.39 is 0 Å². The molecule has 0 radical (unpaired) electrons. The lowest BCUT2D eigenvalue weighted by Gasteiger charge is -2.03. The van der Waals surface area contributed by atoms with Crippen LogP contribution in [0.4, 0.5) is 11.4 Å². The quantitative estimate of drug-likeness (QED) is 0.440. The first kappa shape index (κ1) is 9.51. The molecule has 4 heteroatoms. The molecule has 1 rings (SSSR count). The average Bonchev–Trinajstić information content (AvgIpc) is 2.08. The Balaban J connectivity index is 3.17. The molecule has 2 N–H and O–H groups in total. The Morgan fingerprint density at radius 3 is 2.77 bits per heavy atom. The molecular weight excluding hydrogens is 168 g/mol. The van der Waals surface area contributed by atoms with Crippen molar-refractivity contribution in [3.8, 4) is 0 Å². The van der Waals surface area contributed by atoms with Gasteiger partial charge < -0.3 is 5.73 Å². The lowest BCUT2D eigenvalue weighted by atomic mass is 10.1. The zero-order valence-electron chi connectivity index (χ0n) is 7.49. The maximum Gasteiger partial charge on any atom is 0.274 e. The zero-order valence-corrected chi connectivity index (χ0v) is 7.49. The number of benzene rings is 1. The Bertz CT molecular complexity index is 323. The van der Waals surface area contributed by atoms with Gasteiger partial charge in [-0.25, -0.2) is 0 Å². The third-order valence-electron chi connectivity index (χ3n) is 1.88. The van der Waals surface area contributed by atoms with E-state index in [1.807, 2.05) is 6.92 Å². The van der Waals surface area contributed by atoms with Crippen LogP contribution in [0.3, 0.4) is 0 Å². The minimum atomic E-state index is -0.388. The summed E-state index contributed by atoms with van der Waals surface area (Å²) >= 11 is 0. The highest BCUT2D eigenvalue weighted by Crippen LogP contribution is 2.25. The number of nitrogen functional groups attached to an aromatic ring is 1. The molecule has 0 spiro atoms. The Labute approximate surface area is 76.5 Å². The maximum absolute atomic E-state index is 10.6. The van der Waals surface area contributed by atoms with Gasteiger partial charge >= 0.3 is 0 Å². The minimum Gasteiger partial charge on any atom is -0.398 e. The smallest absolute Gasteiger partial charge is 0.274 e. The number of rotatable bonds is 3. The number of nitro groups is 1. The van der Waals surface area contributed by atoms with Crippen LogP contribution in [0, 0.1) is 10.1 Å². The standard InChI is InChI=1S/C9H12N2O2/c1-2-4-7-8(10)5-3-6-9(7)11(12)13/h3,5-6H,2,4,10H2,1H3. The van der Waals surface area contributed by atoms with Crippen molar-refractivity contribution in [1.29, 1.82) is 0 Å². The summed E-state index contributed by atoms with van der Waals surface area (Å²) in [5.41, 5.74) is 6.93. The van der Waals surface area contributed by atoms with Crippen LogP contribution in [0.15, 0.2) is 18.2 Å². The van der Waals surface area contributed by atoms with E-state index in [0.717, 1.165) is 6.42 Å². The highest BCUT2D eigenvalue weighted by Gasteiger charge is 2.14. The SMILES string of the molecule is CCCc1c(N)cccc1[N+](=O)[O-]. The molecule has 1 aromatic rings. The van der Waals surface area contributed by atoms with Crippen molar-refractivity contribution >= 4 is 11.4 Å². The van der Waals surface area contributed by atoms with Crippen molar-refractivity contribution in [3.05, 3.63) is 33.9 Å². The molecular formula is C9H12N2O2. The van der Waals surface area contributed by atoms with Crippen LogP contribution < -0.4 is 5.73 Å². The highest BCUT2D eigenvalue weighted by molar-refractivity contribution is 5.57. The monoisotopic (exact) mass is 180 g/mol. The van der Waals surface area contributed by atoms with Gasteiger partial charge in [0, 0.05) is 11.8 Å². The summed E-state index contributed by atoms with van der Waals surface area (Å²) in [5, 5.41) is 10.6. The maximum atomic E-state index is 10.6. The van der Waals surface area contributed by atoms with Gasteiger partial charge in [-0.05, 0) is 12.5 Å². The largest absolute Gasteiger partial charge is 0.398 e. The third kappa shape index (κ3) is 1.96. The fourth-order valence-electron chi connectivity index (χ4n) is 1.29. The van der Waals surface area contributed by atoms with Gasteiger partial charge in [0.15, 0.2) is 0 Å². The number of anilines is 1. The second-order valence-electron chi connectivity index (χ2n) is 2.85. The first-order chi connectivity index (χ1) is 6.16. The predicted octanol–water partition coefficient (Wildman–Crippen LogP) is 2.13. The minimum absolute atomic E-state index is 0.127. The van der Waals surface area contributed by atoms with Crippen molar-refractivity contribution in [3.63, 3.8) is 0 Å². The van der Waals surface area contributed by atoms with E-state index in [4.69, 9.17) is 5.73 Å². The molecule has 13 heavy (non-hydrogen) atoms. The van der Waals surface area contributed by atoms with Crippen LogP contribution in [-0.4, -0.2) is 4.92 Å². The summed E-state index contributed by atoms with van der Waals surface area (Å²) in [4.78, 5) is 10.2. The topological polar surface area (TPSA) is 69.2 Å². The summed E-state index contributed by atoms with van der Waals surface area (Å²) in [7, 11) is 0. The molecule has 0 saturated carbocycles. The van der Waals surface area contributed by atoms with E-state index in [-0.39, 0.29) is 10.6 Å². The fourth-order valence-corrected chi connectivity index (χ4v) is 1.29. The van der Waals surface area contributed by atoms with E-state index in [1.165, 1.54) is 6.07 Å². The Morgan fingerprint density at radius 2 is 2.23 bits per heavy atom. The third-order valence-corrected chi connectivity index (χ3v) is 1.88. The Morgan fingerprint density at radius 1 is 1.54 bits per heavy atom. The van der Waals surface area contributed by atoms with Gasteiger partial charge in [-0.1, -0.05) is 19.4 Å². The lowest BCUT2D eigenvalue weighted by Crippen LogP contribution is -1.99. The molecule has 0 bridgehead atoms. The van der Waals surface area contributed by atoms with Crippen molar-refractivity contribution in [2.24, 2.45) is 0 Å². The van der Waals surface area contributed by atoms with Crippen molar-refractivity contribution < 1.29 is 4.92 Å². The zero-order chi connectivity index (χ0) is 9.84. The van der Waals surface area contributed by atoms with Crippen LogP contribution in [0.5, 0.6) is 0 Å². The van der Waals surface area contributed by atoms with Crippen LogP contribution >= 0.6 is 0 Å². The molecule has 1 aromatic carbocycles. The van der Waals surface area contributed by atoms with Crippen LogP contribution in [0.25, 0.3) is 0 Å². The van der Waals surface area contributed by atoms with Crippen molar-refractivity contribution in [1.82, 2.24) is 0 Å². The molecule has 0 heterocycles. The fraction of sp³-hybridized carbons (Fsp3) is 0.333. The second-order valence-corrected chi connectivity index (χ2v) is 2.85. The van der Waals surface area contributed by atoms with E-state index in [1.54, 1.807) is 12.1 Å². The first-order valence-electron chi connectivity index (χ1n) is 4.18. The molecule has 0 atom stereocenters. The van der Waals surface area contributed by atoms with Crippen LogP contribution in [0.2, 0.25) is 0 Å². The van der Waals surface area contributed by atoms with Gasteiger partial charge in [0.2, 0.25) is 0 Å². The van der Waals surface area contributed by atoms with Gasteiger partial charge in [0.25, 0.3) is 5.69 Å². The molecule has 0 aromatic heterocycles. The van der Waals surface area contributed by atoms with Gasteiger partial charge in [0.1, 0.15) is 0 Å². The summed E-state index contributed by atoms with van der Waals surface area (Å²) < 4.78 is 0. The molecule has 70 valence electrons. The Kier molecular flexibility index (Phi) is 2.84. The van der Waals surface area contributed by atoms with Gasteiger partial charge in [0.05, 0.1) is 10.5 Å². The first-order valence-corrected chi connectivity index (χ1v) is 4.18. The average molecular weight is 180 g/mol. The van der Waals surface area contributed by atoms with Gasteiger partial charge in [-0.2, -0.15) is 0 Å². The highest BCUT2D eigenvalue weighted by atomic mass is 16.6. The normalized spacial score (nSPS) is 9.92. The predicted molar refractivity (Wildman–Crippen MR) is 51.5 cm³/mol. The van der Waals surface area contributed by atoms with Gasteiger partial charge in [-0.3, -0.25) is 10.1 Å². The number of nitrogens with zero attached hydrogens (tertiary/aromatic N) is 1. The number of hydrogen-bond acceptors (Lipinski definition) is 3. The number of hydrogen-bond donors (Lipinski definition) is 1. The van der Waals surface area contributed by atoms with E-state index in [2.05, 4.69) is 0 Å². The van der Waals surface area contributed by atoms with Crippen molar-refractivity contribution in [2.45, 2.75) is 19.8 Å². The molecule has 0 amide bonds. The van der Waals surface area contributed by atoms with E-state index >= 15 is 0 Å². The summed E-state index contributed by atoms with van der Waals surface area (Å²) in [6, 6.07) is 4.78. The van der Waals surface area contributed by atoms with Crippen molar-refractivity contribution in [2.75, 3.05) is 5.73 Å². The Hall–Kier alpha value is -1.58. The molecule has 0 aliphatic heterocycles. The molecule has 0 unspecified atom stereocenters. The van der Waals surface area contributed by atoms with Gasteiger partial charge in [-0.15, -0.1) is 0 Å². The lowest BCUT2D eigenvalue weighted by molar-refractivity contribution is -0.385. The molecule has 0 fully saturated rings. The molecule has 0 saturated heterocycles. The van der Waals surface area contributed by atoms with Crippen LogP contribution in [-0.2, 0) is 6.42 Å². The second kappa shape index (κ2) is 3.89. The number of nitrogens with two attached hydrogens (primary N) is 1. The number of nitro benzene ring substituents is 1. The van der Waals surface area contributed by atoms with E-state index in [9.17, 15) is 10.1 Å².